The molecule has 0 aliphatic rings. The van der Waals surface area contributed by atoms with Gasteiger partial charge in [0.2, 0.25) is 0 Å². The quantitative estimate of drug-likeness (QED) is 0.850. The third-order valence-corrected chi connectivity index (χ3v) is 3.05. The van der Waals surface area contributed by atoms with Crippen LogP contribution in [-0.4, -0.2) is 30.8 Å². The fourth-order valence-electron chi connectivity index (χ4n) is 1.93. The summed E-state index contributed by atoms with van der Waals surface area (Å²) in [4.78, 5) is 23.7. The fraction of sp³-hybridized carbons (Fsp3) is 0.529. The molecule has 0 aromatic heterocycles. The third kappa shape index (κ3) is 6.16. The molecule has 1 aromatic rings. The molecular weight excluding hydrogens is 282 g/mol. The van der Waals surface area contributed by atoms with Crippen LogP contribution in [0.2, 0.25) is 0 Å². The molecule has 0 aliphatic heterocycles. The van der Waals surface area contributed by atoms with Crippen molar-refractivity contribution in [1.29, 1.82) is 0 Å². The minimum atomic E-state index is -0.771. The number of nitrogens with one attached hydrogen (secondary N) is 1. The van der Waals surface area contributed by atoms with Crippen molar-refractivity contribution in [2.45, 2.75) is 52.2 Å². The van der Waals surface area contributed by atoms with Crippen molar-refractivity contribution in [3.63, 3.8) is 0 Å². The molecule has 0 unspecified atom stereocenters. The molecule has 0 radical (unpaired) electrons. The Labute approximate surface area is 132 Å². The van der Waals surface area contributed by atoms with Crippen LogP contribution < -0.4 is 5.32 Å². The number of ether oxygens (including phenoxy) is 2. The molecule has 0 bridgehead atoms. The summed E-state index contributed by atoms with van der Waals surface area (Å²) >= 11 is 0. The maximum atomic E-state index is 11.8. The molecule has 5 heteroatoms. The van der Waals surface area contributed by atoms with Crippen molar-refractivity contribution in [3.8, 4) is 0 Å². The molecule has 1 atom stereocenters. The van der Waals surface area contributed by atoms with Gasteiger partial charge in [0.15, 0.2) is 0 Å². The molecular formula is C17H25NO4. The lowest BCUT2D eigenvalue weighted by molar-refractivity contribution is -0.143. The topological polar surface area (TPSA) is 64.6 Å². The summed E-state index contributed by atoms with van der Waals surface area (Å²) in [6, 6.07) is 7.15. The van der Waals surface area contributed by atoms with Crippen LogP contribution in [0.15, 0.2) is 24.3 Å². The fourth-order valence-corrected chi connectivity index (χ4v) is 1.93. The SMILES string of the molecule is CCc1ccc(C[C@H](NC(=O)OC(C)(C)C)C(=O)OC)cc1. The second-order valence-corrected chi connectivity index (χ2v) is 6.10. The smallest absolute Gasteiger partial charge is 0.408 e. The van der Waals surface area contributed by atoms with Gasteiger partial charge in [-0.05, 0) is 38.3 Å². The number of hydrogen-bond donors (Lipinski definition) is 1. The lowest BCUT2D eigenvalue weighted by Crippen LogP contribution is -2.45. The monoisotopic (exact) mass is 307 g/mol. The van der Waals surface area contributed by atoms with Gasteiger partial charge in [-0.25, -0.2) is 9.59 Å². The molecule has 0 saturated heterocycles. The number of carbonyl (C=O) groups excluding carboxylic acids is 2. The molecule has 0 spiro atoms. The highest BCUT2D eigenvalue weighted by Gasteiger charge is 2.25. The molecule has 0 aliphatic carbocycles. The highest BCUT2D eigenvalue weighted by atomic mass is 16.6. The largest absolute Gasteiger partial charge is 0.467 e. The number of carbonyl (C=O) groups is 2. The Balaban J connectivity index is 2.75. The van der Waals surface area contributed by atoms with E-state index in [1.54, 1.807) is 20.8 Å². The maximum Gasteiger partial charge on any atom is 0.408 e. The first-order valence-corrected chi connectivity index (χ1v) is 7.40. The average molecular weight is 307 g/mol. The number of amides is 1. The van der Waals surface area contributed by atoms with Gasteiger partial charge in [0.1, 0.15) is 11.6 Å². The predicted molar refractivity (Wildman–Crippen MR) is 84.7 cm³/mol. The first-order chi connectivity index (χ1) is 10.2. The lowest BCUT2D eigenvalue weighted by atomic mass is 10.0. The highest BCUT2D eigenvalue weighted by molar-refractivity contribution is 5.81. The van der Waals surface area contributed by atoms with E-state index in [1.165, 1.54) is 12.7 Å². The van der Waals surface area contributed by atoms with Crippen LogP contribution in [0.1, 0.15) is 38.8 Å². The number of methoxy groups -OCH3 is 1. The van der Waals surface area contributed by atoms with Crippen molar-refractivity contribution >= 4 is 12.1 Å². The summed E-state index contributed by atoms with van der Waals surface area (Å²) in [5, 5.41) is 2.57. The summed E-state index contributed by atoms with van der Waals surface area (Å²) in [5.74, 6) is -0.495. The number of aryl methyl sites for hydroxylation is 1. The first-order valence-electron chi connectivity index (χ1n) is 7.40. The third-order valence-electron chi connectivity index (χ3n) is 3.05. The number of hydrogen-bond acceptors (Lipinski definition) is 4. The molecule has 1 rings (SSSR count). The molecule has 1 amide bonds. The zero-order chi connectivity index (χ0) is 16.8. The Hall–Kier alpha value is -2.04. The summed E-state index contributed by atoms with van der Waals surface area (Å²) in [7, 11) is 1.30. The van der Waals surface area contributed by atoms with Crippen molar-refractivity contribution in [1.82, 2.24) is 5.32 Å². The Morgan fingerprint density at radius 2 is 1.68 bits per heavy atom. The van der Waals surface area contributed by atoms with Crippen LogP contribution in [-0.2, 0) is 27.1 Å². The standard InChI is InChI=1S/C17H25NO4/c1-6-12-7-9-13(10-8-12)11-14(15(19)21-5)18-16(20)22-17(2,3)4/h7-10,14H,6,11H2,1-5H3,(H,18,20)/t14-/m0/s1. The highest BCUT2D eigenvalue weighted by Crippen LogP contribution is 2.10. The van der Waals surface area contributed by atoms with Gasteiger partial charge in [-0.3, -0.25) is 0 Å². The summed E-state index contributed by atoms with van der Waals surface area (Å²) in [6.45, 7) is 7.38. The second-order valence-electron chi connectivity index (χ2n) is 6.10. The lowest BCUT2D eigenvalue weighted by Gasteiger charge is -2.22. The summed E-state index contributed by atoms with van der Waals surface area (Å²) < 4.78 is 9.93. The van der Waals surface area contributed by atoms with E-state index in [1.807, 2.05) is 24.3 Å². The average Bonchev–Trinajstić information content (AvgIpc) is 2.44. The molecule has 122 valence electrons. The van der Waals surface area contributed by atoms with Crippen LogP contribution in [0.25, 0.3) is 0 Å². The Morgan fingerprint density at radius 1 is 1.14 bits per heavy atom. The van der Waals surface area contributed by atoms with Crippen molar-refractivity contribution in [3.05, 3.63) is 35.4 Å². The first kappa shape index (κ1) is 18.0. The van der Waals surface area contributed by atoms with Gasteiger partial charge in [-0.1, -0.05) is 31.2 Å². The molecule has 0 heterocycles. The van der Waals surface area contributed by atoms with Crippen molar-refractivity contribution in [2.24, 2.45) is 0 Å². The number of rotatable bonds is 5. The Morgan fingerprint density at radius 3 is 2.14 bits per heavy atom. The van der Waals surface area contributed by atoms with Crippen LogP contribution in [0.5, 0.6) is 0 Å². The van der Waals surface area contributed by atoms with E-state index in [0.29, 0.717) is 6.42 Å². The molecule has 1 aromatic carbocycles. The zero-order valence-electron chi connectivity index (χ0n) is 13.9. The van der Waals surface area contributed by atoms with Gasteiger partial charge in [0.25, 0.3) is 0 Å². The van der Waals surface area contributed by atoms with Crippen LogP contribution in [0.3, 0.4) is 0 Å². The molecule has 1 N–H and O–H groups in total. The van der Waals surface area contributed by atoms with Gasteiger partial charge in [-0.15, -0.1) is 0 Å². The number of benzene rings is 1. The van der Waals surface area contributed by atoms with Gasteiger partial charge < -0.3 is 14.8 Å². The minimum Gasteiger partial charge on any atom is -0.467 e. The van der Waals surface area contributed by atoms with Gasteiger partial charge in [0.05, 0.1) is 7.11 Å². The molecule has 0 saturated carbocycles. The Kier molecular flexibility index (Phi) is 6.40. The van der Waals surface area contributed by atoms with Crippen molar-refractivity contribution < 1.29 is 19.1 Å². The van der Waals surface area contributed by atoms with E-state index < -0.39 is 23.7 Å². The predicted octanol–water partition coefficient (Wildman–Crippen LogP) is 2.86. The normalized spacial score (nSPS) is 12.4. The second kappa shape index (κ2) is 7.82. The molecule has 22 heavy (non-hydrogen) atoms. The van der Waals surface area contributed by atoms with Crippen LogP contribution >= 0.6 is 0 Å². The maximum absolute atomic E-state index is 11.8. The number of alkyl carbamates (subject to hydrolysis) is 1. The summed E-state index contributed by atoms with van der Waals surface area (Å²) in [6.07, 6.45) is 0.681. The van der Waals surface area contributed by atoms with E-state index >= 15 is 0 Å². The molecule has 5 nitrogen and oxygen atoms in total. The van der Waals surface area contributed by atoms with E-state index in [2.05, 4.69) is 12.2 Å². The van der Waals surface area contributed by atoms with E-state index in [-0.39, 0.29) is 0 Å². The van der Waals surface area contributed by atoms with E-state index in [9.17, 15) is 9.59 Å². The van der Waals surface area contributed by atoms with Crippen molar-refractivity contribution in [2.75, 3.05) is 7.11 Å². The zero-order valence-corrected chi connectivity index (χ0v) is 13.9. The van der Waals surface area contributed by atoms with Gasteiger partial charge >= 0.3 is 12.1 Å². The Bertz CT molecular complexity index is 502. The van der Waals surface area contributed by atoms with Crippen LogP contribution in [0, 0.1) is 0 Å². The molecule has 0 fully saturated rings. The van der Waals surface area contributed by atoms with E-state index in [0.717, 1.165) is 12.0 Å². The summed E-state index contributed by atoms with van der Waals surface area (Å²) in [5.41, 5.74) is 1.55. The van der Waals surface area contributed by atoms with Crippen LogP contribution in [0.4, 0.5) is 4.79 Å². The number of esters is 1. The van der Waals surface area contributed by atoms with Gasteiger partial charge in [-0.2, -0.15) is 0 Å². The van der Waals surface area contributed by atoms with Gasteiger partial charge in [0, 0.05) is 6.42 Å². The van der Waals surface area contributed by atoms with E-state index in [4.69, 9.17) is 9.47 Å². The minimum absolute atomic E-state index is 0.357.